The molecule has 3 fully saturated rings. The fraction of sp³-hybridized carbons (Fsp3) is 1.00. The molecule has 2 aliphatic heterocycles. The second-order valence-corrected chi connectivity index (χ2v) is 6.75. The molecule has 0 aromatic carbocycles. The van der Waals surface area contributed by atoms with Gasteiger partial charge in [0, 0.05) is 12.6 Å². The van der Waals surface area contributed by atoms with E-state index >= 15 is 0 Å². The van der Waals surface area contributed by atoms with Crippen molar-refractivity contribution in [2.24, 2.45) is 0 Å². The van der Waals surface area contributed by atoms with Gasteiger partial charge in [0.2, 0.25) is 0 Å². The topological polar surface area (TPSA) is 60.0 Å². The Morgan fingerprint density at radius 1 is 1.20 bits per heavy atom. The molecule has 2 N–H and O–H groups in total. The van der Waals surface area contributed by atoms with Crippen LogP contribution in [0.2, 0.25) is 0 Å². The first-order chi connectivity index (χ1) is 9.55. The van der Waals surface area contributed by atoms with Crippen LogP contribution in [0, 0.1) is 0 Å². The largest absolute Gasteiger partial charge is 0.389 e. The van der Waals surface area contributed by atoms with Crippen LogP contribution in [0.4, 0.5) is 0 Å². The maximum atomic E-state index is 10.4. The summed E-state index contributed by atoms with van der Waals surface area (Å²) in [6.45, 7) is 4.91. The molecule has 116 valence electrons. The summed E-state index contributed by atoms with van der Waals surface area (Å²) in [5, 5.41) is 13.8. The molecule has 0 amide bonds. The highest BCUT2D eigenvalue weighted by Gasteiger charge is 2.52. The Morgan fingerprint density at radius 3 is 2.70 bits per heavy atom. The number of ether oxygens (including phenoxy) is 3. The van der Waals surface area contributed by atoms with Crippen molar-refractivity contribution in [1.82, 2.24) is 5.32 Å². The summed E-state index contributed by atoms with van der Waals surface area (Å²) in [4.78, 5) is 0. The maximum Gasteiger partial charge on any atom is 0.164 e. The van der Waals surface area contributed by atoms with E-state index in [1.54, 1.807) is 0 Å². The third-order valence-electron chi connectivity index (χ3n) is 4.60. The fourth-order valence-corrected chi connectivity index (χ4v) is 3.61. The average Bonchev–Trinajstić information content (AvgIpc) is 2.92. The molecule has 3 aliphatic rings. The summed E-state index contributed by atoms with van der Waals surface area (Å²) < 4.78 is 17.3. The summed E-state index contributed by atoms with van der Waals surface area (Å²) >= 11 is 0. The molecule has 0 unspecified atom stereocenters. The van der Waals surface area contributed by atoms with Crippen molar-refractivity contribution in [2.45, 2.75) is 82.2 Å². The van der Waals surface area contributed by atoms with Gasteiger partial charge < -0.3 is 24.6 Å². The monoisotopic (exact) mass is 285 g/mol. The number of aliphatic hydroxyl groups excluding tert-OH is 1. The zero-order valence-electron chi connectivity index (χ0n) is 12.5. The molecule has 2 saturated heterocycles. The lowest BCUT2D eigenvalue weighted by atomic mass is 9.95. The second kappa shape index (κ2) is 5.89. The highest BCUT2D eigenvalue weighted by Crippen LogP contribution is 2.36. The standard InChI is InChI=1S/C15H27NO4/c1-15(2)19-12-9-18-13(14(12)20-15)11(17)8-16-10-6-4-3-5-7-10/h10-14,16-17H,3-9H2,1-2H3/t11-,12+,13+,14+/m0/s1. The summed E-state index contributed by atoms with van der Waals surface area (Å²) in [5.74, 6) is -0.562. The summed E-state index contributed by atoms with van der Waals surface area (Å²) in [6.07, 6.45) is 5.37. The number of hydrogen-bond donors (Lipinski definition) is 2. The van der Waals surface area contributed by atoms with Crippen LogP contribution in [-0.2, 0) is 14.2 Å². The van der Waals surface area contributed by atoms with Crippen molar-refractivity contribution in [3.05, 3.63) is 0 Å². The van der Waals surface area contributed by atoms with Gasteiger partial charge in [-0.25, -0.2) is 0 Å². The van der Waals surface area contributed by atoms with E-state index in [1.165, 1.54) is 32.1 Å². The first-order valence-electron chi connectivity index (χ1n) is 7.94. The molecule has 3 rings (SSSR count). The lowest BCUT2D eigenvalue weighted by Crippen LogP contribution is -2.46. The Kier molecular flexibility index (Phi) is 4.34. The highest BCUT2D eigenvalue weighted by atomic mass is 16.8. The maximum absolute atomic E-state index is 10.4. The van der Waals surface area contributed by atoms with Crippen molar-refractivity contribution in [3.63, 3.8) is 0 Å². The van der Waals surface area contributed by atoms with E-state index in [-0.39, 0.29) is 18.3 Å². The predicted molar refractivity (Wildman–Crippen MR) is 74.4 cm³/mol. The zero-order valence-corrected chi connectivity index (χ0v) is 12.5. The van der Waals surface area contributed by atoms with E-state index in [0.29, 0.717) is 19.2 Å². The van der Waals surface area contributed by atoms with E-state index in [1.807, 2.05) is 13.8 Å². The Morgan fingerprint density at radius 2 is 1.95 bits per heavy atom. The van der Waals surface area contributed by atoms with Gasteiger partial charge in [0.1, 0.15) is 18.3 Å². The van der Waals surface area contributed by atoms with E-state index in [2.05, 4.69) is 5.32 Å². The van der Waals surface area contributed by atoms with Crippen molar-refractivity contribution in [2.75, 3.05) is 13.2 Å². The van der Waals surface area contributed by atoms with E-state index in [0.717, 1.165) is 0 Å². The van der Waals surface area contributed by atoms with E-state index in [9.17, 15) is 5.11 Å². The summed E-state index contributed by atoms with van der Waals surface area (Å²) in [7, 11) is 0. The van der Waals surface area contributed by atoms with E-state index < -0.39 is 11.9 Å². The van der Waals surface area contributed by atoms with Gasteiger partial charge in [0.25, 0.3) is 0 Å². The van der Waals surface area contributed by atoms with Crippen molar-refractivity contribution >= 4 is 0 Å². The van der Waals surface area contributed by atoms with Crippen LogP contribution in [0.15, 0.2) is 0 Å². The number of hydrogen-bond acceptors (Lipinski definition) is 5. The first kappa shape index (κ1) is 14.7. The first-order valence-corrected chi connectivity index (χ1v) is 7.94. The van der Waals surface area contributed by atoms with Crippen LogP contribution in [0.5, 0.6) is 0 Å². The Labute approximate surface area is 121 Å². The van der Waals surface area contributed by atoms with Crippen LogP contribution in [0.3, 0.4) is 0 Å². The Bertz CT molecular complexity index is 330. The second-order valence-electron chi connectivity index (χ2n) is 6.75. The zero-order chi connectivity index (χ0) is 14.2. The van der Waals surface area contributed by atoms with Gasteiger partial charge >= 0.3 is 0 Å². The molecule has 1 saturated carbocycles. The smallest absolute Gasteiger partial charge is 0.164 e. The van der Waals surface area contributed by atoms with Crippen LogP contribution in [0.25, 0.3) is 0 Å². The molecule has 5 heteroatoms. The van der Waals surface area contributed by atoms with Gasteiger partial charge in [-0.15, -0.1) is 0 Å². The van der Waals surface area contributed by atoms with Crippen LogP contribution in [0.1, 0.15) is 46.0 Å². The molecule has 20 heavy (non-hydrogen) atoms. The lowest BCUT2D eigenvalue weighted by molar-refractivity contribution is -0.184. The third-order valence-corrected chi connectivity index (χ3v) is 4.60. The molecule has 0 aromatic heterocycles. The Hall–Kier alpha value is -0.200. The van der Waals surface area contributed by atoms with Gasteiger partial charge in [-0.1, -0.05) is 19.3 Å². The normalized spacial score (nSPS) is 38.9. The highest BCUT2D eigenvalue weighted by molar-refractivity contribution is 4.96. The van der Waals surface area contributed by atoms with Crippen molar-refractivity contribution in [3.8, 4) is 0 Å². The third kappa shape index (κ3) is 3.17. The predicted octanol–water partition coefficient (Wildman–Crippen LogP) is 1.19. The van der Waals surface area contributed by atoms with Gasteiger partial charge in [-0.05, 0) is 26.7 Å². The molecule has 0 radical (unpaired) electrons. The number of nitrogens with one attached hydrogen (secondary N) is 1. The Balaban J connectivity index is 1.48. The van der Waals surface area contributed by atoms with Gasteiger partial charge in [0.15, 0.2) is 5.79 Å². The quantitative estimate of drug-likeness (QED) is 0.812. The number of fused-ring (bicyclic) bond motifs is 1. The molecular formula is C15H27NO4. The fourth-order valence-electron chi connectivity index (χ4n) is 3.61. The molecule has 1 aliphatic carbocycles. The molecule has 0 bridgehead atoms. The minimum Gasteiger partial charge on any atom is -0.389 e. The minimum absolute atomic E-state index is 0.0423. The van der Waals surface area contributed by atoms with Crippen LogP contribution in [-0.4, -0.2) is 54.5 Å². The lowest BCUT2D eigenvalue weighted by Gasteiger charge is -2.28. The van der Waals surface area contributed by atoms with Crippen LogP contribution < -0.4 is 5.32 Å². The van der Waals surface area contributed by atoms with E-state index in [4.69, 9.17) is 14.2 Å². The molecular weight excluding hydrogens is 258 g/mol. The summed E-state index contributed by atoms with van der Waals surface area (Å²) in [5.41, 5.74) is 0. The number of aliphatic hydroxyl groups is 1. The molecule has 0 spiro atoms. The van der Waals surface area contributed by atoms with Crippen LogP contribution >= 0.6 is 0 Å². The minimum atomic E-state index is -0.562. The van der Waals surface area contributed by atoms with Crippen molar-refractivity contribution in [1.29, 1.82) is 0 Å². The van der Waals surface area contributed by atoms with Gasteiger partial charge in [0.05, 0.1) is 12.7 Å². The van der Waals surface area contributed by atoms with Gasteiger partial charge in [-0.2, -0.15) is 0 Å². The SMILES string of the molecule is CC1(C)O[C@H]2[C@@H]([C@@H](O)CNC3CCCCC3)OC[C@H]2O1. The summed E-state index contributed by atoms with van der Waals surface area (Å²) in [6, 6.07) is 0.549. The molecule has 4 atom stereocenters. The molecule has 2 heterocycles. The van der Waals surface area contributed by atoms with Crippen molar-refractivity contribution < 1.29 is 19.3 Å². The average molecular weight is 285 g/mol. The molecule has 5 nitrogen and oxygen atoms in total. The number of rotatable bonds is 4. The molecule has 0 aromatic rings. The van der Waals surface area contributed by atoms with Gasteiger partial charge in [-0.3, -0.25) is 0 Å².